The number of carbonyl (C=O) groups is 1. The second-order valence-electron chi connectivity index (χ2n) is 4.32. The molecule has 0 unspecified atom stereocenters. The standard InChI is InChI=1S/C16H17NO/c1-13(18)17-16-10-6-5-9-15(16)12-11-14-7-3-2-4-8-14/h2-10H,11-12H2,1H3,(H,17,18). The number of anilines is 1. The van der Waals surface area contributed by atoms with Crippen LogP contribution in [0.15, 0.2) is 54.6 Å². The van der Waals surface area contributed by atoms with Crippen molar-refractivity contribution in [3.63, 3.8) is 0 Å². The first-order valence-electron chi connectivity index (χ1n) is 6.15. The average molecular weight is 239 g/mol. The van der Waals surface area contributed by atoms with Crippen LogP contribution in [0.4, 0.5) is 5.69 Å². The van der Waals surface area contributed by atoms with Gasteiger partial charge in [-0.25, -0.2) is 0 Å². The number of aryl methyl sites for hydroxylation is 2. The monoisotopic (exact) mass is 239 g/mol. The van der Waals surface area contributed by atoms with E-state index in [-0.39, 0.29) is 5.91 Å². The van der Waals surface area contributed by atoms with Gasteiger partial charge in [0.1, 0.15) is 0 Å². The van der Waals surface area contributed by atoms with E-state index >= 15 is 0 Å². The van der Waals surface area contributed by atoms with Crippen LogP contribution >= 0.6 is 0 Å². The first kappa shape index (κ1) is 12.4. The van der Waals surface area contributed by atoms with Crippen molar-refractivity contribution in [1.29, 1.82) is 0 Å². The Bertz CT molecular complexity index is 520. The molecule has 0 bridgehead atoms. The lowest BCUT2D eigenvalue weighted by molar-refractivity contribution is -0.114. The van der Waals surface area contributed by atoms with E-state index in [9.17, 15) is 4.79 Å². The van der Waals surface area contributed by atoms with Gasteiger partial charge in [-0.1, -0.05) is 48.5 Å². The number of nitrogens with one attached hydrogen (secondary N) is 1. The van der Waals surface area contributed by atoms with Gasteiger partial charge in [-0.15, -0.1) is 0 Å². The van der Waals surface area contributed by atoms with Crippen LogP contribution < -0.4 is 5.32 Å². The van der Waals surface area contributed by atoms with Crippen molar-refractivity contribution in [2.75, 3.05) is 5.32 Å². The van der Waals surface area contributed by atoms with E-state index in [0.29, 0.717) is 0 Å². The topological polar surface area (TPSA) is 29.1 Å². The minimum atomic E-state index is -0.0258. The van der Waals surface area contributed by atoms with Gasteiger partial charge >= 0.3 is 0 Å². The van der Waals surface area contributed by atoms with E-state index in [1.54, 1.807) is 0 Å². The summed E-state index contributed by atoms with van der Waals surface area (Å²) < 4.78 is 0. The molecule has 1 N–H and O–H groups in total. The summed E-state index contributed by atoms with van der Waals surface area (Å²) in [5, 5.41) is 2.87. The van der Waals surface area contributed by atoms with Gasteiger partial charge in [-0.2, -0.15) is 0 Å². The number of hydrogen-bond acceptors (Lipinski definition) is 1. The molecule has 0 radical (unpaired) electrons. The van der Waals surface area contributed by atoms with Crippen LogP contribution in [-0.4, -0.2) is 5.91 Å². The Morgan fingerprint density at radius 3 is 2.33 bits per heavy atom. The van der Waals surface area contributed by atoms with Gasteiger partial charge in [0, 0.05) is 12.6 Å². The van der Waals surface area contributed by atoms with Gasteiger partial charge in [0.05, 0.1) is 0 Å². The number of amides is 1. The molecule has 92 valence electrons. The van der Waals surface area contributed by atoms with Crippen LogP contribution in [0.1, 0.15) is 18.1 Å². The summed E-state index contributed by atoms with van der Waals surface area (Å²) in [6.45, 7) is 1.54. The molecule has 0 saturated carbocycles. The van der Waals surface area contributed by atoms with Crippen molar-refractivity contribution >= 4 is 11.6 Å². The fourth-order valence-corrected chi connectivity index (χ4v) is 1.97. The largest absolute Gasteiger partial charge is 0.326 e. The van der Waals surface area contributed by atoms with Crippen LogP contribution in [0.25, 0.3) is 0 Å². The molecule has 0 aliphatic carbocycles. The van der Waals surface area contributed by atoms with Gasteiger partial charge in [0.25, 0.3) is 0 Å². The SMILES string of the molecule is CC(=O)Nc1ccccc1CCc1ccccc1. The zero-order valence-electron chi connectivity index (χ0n) is 10.5. The molecule has 2 aromatic carbocycles. The lowest BCUT2D eigenvalue weighted by Gasteiger charge is -2.09. The van der Waals surface area contributed by atoms with Crippen LogP contribution in [0.2, 0.25) is 0 Å². The number of carbonyl (C=O) groups excluding carboxylic acids is 1. The fraction of sp³-hybridized carbons (Fsp3) is 0.188. The molecule has 0 saturated heterocycles. The van der Waals surface area contributed by atoms with Crippen LogP contribution in [0.5, 0.6) is 0 Å². The summed E-state index contributed by atoms with van der Waals surface area (Å²) in [5.74, 6) is -0.0258. The van der Waals surface area contributed by atoms with E-state index in [0.717, 1.165) is 18.5 Å². The predicted molar refractivity (Wildman–Crippen MR) is 74.6 cm³/mol. The maximum absolute atomic E-state index is 11.1. The first-order chi connectivity index (χ1) is 8.75. The number of rotatable bonds is 4. The van der Waals surface area contributed by atoms with Gasteiger partial charge in [-0.05, 0) is 30.0 Å². The molecule has 0 heterocycles. The number of hydrogen-bond donors (Lipinski definition) is 1. The summed E-state index contributed by atoms with van der Waals surface area (Å²) in [5.41, 5.74) is 3.41. The fourth-order valence-electron chi connectivity index (χ4n) is 1.97. The molecule has 1 amide bonds. The average Bonchev–Trinajstić information content (AvgIpc) is 2.38. The highest BCUT2D eigenvalue weighted by molar-refractivity contribution is 5.89. The van der Waals surface area contributed by atoms with E-state index < -0.39 is 0 Å². The summed E-state index contributed by atoms with van der Waals surface area (Å²) in [6, 6.07) is 18.3. The molecule has 0 fully saturated rings. The lowest BCUT2D eigenvalue weighted by Crippen LogP contribution is -2.08. The molecule has 18 heavy (non-hydrogen) atoms. The predicted octanol–water partition coefficient (Wildman–Crippen LogP) is 3.43. The molecular formula is C16H17NO. The Labute approximate surface area is 108 Å². The summed E-state index contributed by atoms with van der Waals surface area (Å²) in [7, 11) is 0. The minimum absolute atomic E-state index is 0.0258. The Balaban J connectivity index is 2.07. The summed E-state index contributed by atoms with van der Waals surface area (Å²) in [6.07, 6.45) is 1.91. The van der Waals surface area contributed by atoms with E-state index in [2.05, 4.69) is 35.6 Å². The van der Waals surface area contributed by atoms with E-state index in [4.69, 9.17) is 0 Å². The van der Waals surface area contributed by atoms with Crippen molar-refractivity contribution in [2.45, 2.75) is 19.8 Å². The molecule has 0 aliphatic rings. The maximum Gasteiger partial charge on any atom is 0.221 e. The Kier molecular flexibility index (Phi) is 4.13. The summed E-state index contributed by atoms with van der Waals surface area (Å²) >= 11 is 0. The van der Waals surface area contributed by atoms with E-state index in [1.165, 1.54) is 18.1 Å². The molecule has 0 spiro atoms. The second-order valence-corrected chi connectivity index (χ2v) is 4.32. The van der Waals surface area contributed by atoms with Crippen LogP contribution in [0, 0.1) is 0 Å². The Morgan fingerprint density at radius 2 is 1.61 bits per heavy atom. The molecule has 0 atom stereocenters. The molecule has 2 nitrogen and oxygen atoms in total. The Hall–Kier alpha value is -2.09. The van der Waals surface area contributed by atoms with Crippen molar-refractivity contribution in [1.82, 2.24) is 0 Å². The number of benzene rings is 2. The van der Waals surface area contributed by atoms with Gasteiger partial charge < -0.3 is 5.32 Å². The molecule has 0 aliphatic heterocycles. The summed E-state index contributed by atoms with van der Waals surface area (Å²) in [4.78, 5) is 11.1. The van der Waals surface area contributed by atoms with Crippen molar-refractivity contribution < 1.29 is 4.79 Å². The number of para-hydroxylation sites is 1. The maximum atomic E-state index is 11.1. The first-order valence-corrected chi connectivity index (χ1v) is 6.15. The zero-order valence-corrected chi connectivity index (χ0v) is 10.5. The van der Waals surface area contributed by atoms with Crippen molar-refractivity contribution in [3.05, 3.63) is 65.7 Å². The lowest BCUT2D eigenvalue weighted by atomic mass is 10.0. The quantitative estimate of drug-likeness (QED) is 0.870. The molecule has 2 aromatic rings. The van der Waals surface area contributed by atoms with E-state index in [1.807, 2.05) is 24.3 Å². The molecule has 2 heteroatoms. The minimum Gasteiger partial charge on any atom is -0.326 e. The third-order valence-electron chi connectivity index (χ3n) is 2.85. The highest BCUT2D eigenvalue weighted by Crippen LogP contribution is 2.17. The van der Waals surface area contributed by atoms with Gasteiger partial charge in [0.2, 0.25) is 5.91 Å². The van der Waals surface area contributed by atoms with Crippen molar-refractivity contribution in [3.8, 4) is 0 Å². The van der Waals surface area contributed by atoms with Crippen molar-refractivity contribution in [2.24, 2.45) is 0 Å². The smallest absolute Gasteiger partial charge is 0.221 e. The normalized spacial score (nSPS) is 10.1. The third kappa shape index (κ3) is 3.45. The highest BCUT2D eigenvalue weighted by Gasteiger charge is 2.03. The van der Waals surface area contributed by atoms with Crippen LogP contribution in [0.3, 0.4) is 0 Å². The van der Waals surface area contributed by atoms with Gasteiger partial charge in [-0.3, -0.25) is 4.79 Å². The zero-order chi connectivity index (χ0) is 12.8. The molecular weight excluding hydrogens is 222 g/mol. The third-order valence-corrected chi connectivity index (χ3v) is 2.85. The highest BCUT2D eigenvalue weighted by atomic mass is 16.1. The Morgan fingerprint density at radius 1 is 0.944 bits per heavy atom. The second kappa shape index (κ2) is 6.01. The molecule has 0 aromatic heterocycles. The van der Waals surface area contributed by atoms with Gasteiger partial charge in [0.15, 0.2) is 0 Å². The van der Waals surface area contributed by atoms with Crippen LogP contribution in [-0.2, 0) is 17.6 Å². The molecule has 2 rings (SSSR count).